The monoisotopic (exact) mass is 259 g/mol. The molecule has 0 spiro atoms. The number of hydrogen-bond donors (Lipinski definition) is 0. The standard InChI is InChI=1S/C9H7BrClNO/c10-7-2-1-3-9(4-7)13-6-8(11)5-12/h1-4,8H,6H2. The van der Waals surface area contributed by atoms with E-state index in [0.29, 0.717) is 5.75 Å². The van der Waals surface area contributed by atoms with Gasteiger partial charge in [-0.15, -0.1) is 11.6 Å². The van der Waals surface area contributed by atoms with E-state index in [1.165, 1.54) is 0 Å². The summed E-state index contributed by atoms with van der Waals surface area (Å²) in [6, 6.07) is 9.26. The number of ether oxygens (including phenoxy) is 1. The summed E-state index contributed by atoms with van der Waals surface area (Å²) in [5.41, 5.74) is 0. The molecule has 0 saturated carbocycles. The van der Waals surface area contributed by atoms with Gasteiger partial charge in [0.2, 0.25) is 0 Å². The van der Waals surface area contributed by atoms with Crippen LogP contribution in [0.5, 0.6) is 5.75 Å². The molecule has 1 aromatic rings. The molecule has 1 atom stereocenters. The van der Waals surface area contributed by atoms with Crippen LogP contribution in [0.4, 0.5) is 0 Å². The lowest BCUT2D eigenvalue weighted by Crippen LogP contribution is -2.08. The molecule has 13 heavy (non-hydrogen) atoms. The van der Waals surface area contributed by atoms with Gasteiger partial charge < -0.3 is 4.74 Å². The van der Waals surface area contributed by atoms with Crippen molar-refractivity contribution < 1.29 is 4.74 Å². The van der Waals surface area contributed by atoms with Gasteiger partial charge >= 0.3 is 0 Å². The smallest absolute Gasteiger partial charge is 0.154 e. The maximum Gasteiger partial charge on any atom is 0.154 e. The minimum atomic E-state index is -0.598. The zero-order valence-electron chi connectivity index (χ0n) is 6.71. The maximum atomic E-state index is 8.40. The molecule has 0 radical (unpaired) electrons. The third-order valence-corrected chi connectivity index (χ3v) is 2.05. The van der Waals surface area contributed by atoms with Crippen molar-refractivity contribution >= 4 is 27.5 Å². The van der Waals surface area contributed by atoms with E-state index in [0.717, 1.165) is 4.47 Å². The summed E-state index contributed by atoms with van der Waals surface area (Å²) in [5, 5.41) is 7.80. The Labute approximate surface area is 90.2 Å². The highest BCUT2D eigenvalue weighted by atomic mass is 79.9. The van der Waals surface area contributed by atoms with E-state index in [4.69, 9.17) is 21.6 Å². The first-order valence-corrected chi connectivity index (χ1v) is 4.87. The van der Waals surface area contributed by atoms with Gasteiger partial charge in [0.1, 0.15) is 12.4 Å². The van der Waals surface area contributed by atoms with Crippen molar-refractivity contribution in [3.63, 3.8) is 0 Å². The van der Waals surface area contributed by atoms with Crippen LogP contribution in [0, 0.1) is 11.3 Å². The molecule has 1 unspecified atom stereocenters. The van der Waals surface area contributed by atoms with Crippen molar-refractivity contribution in [2.75, 3.05) is 6.61 Å². The van der Waals surface area contributed by atoms with E-state index in [9.17, 15) is 0 Å². The van der Waals surface area contributed by atoms with Crippen molar-refractivity contribution in [3.8, 4) is 11.8 Å². The number of alkyl halides is 1. The predicted octanol–water partition coefficient (Wildman–Crippen LogP) is 2.96. The number of nitrogens with zero attached hydrogens (tertiary/aromatic N) is 1. The zero-order valence-corrected chi connectivity index (χ0v) is 9.05. The lowest BCUT2D eigenvalue weighted by Gasteiger charge is -2.05. The van der Waals surface area contributed by atoms with Gasteiger partial charge in [-0.2, -0.15) is 5.26 Å². The molecule has 0 bridgehead atoms. The highest BCUT2D eigenvalue weighted by molar-refractivity contribution is 9.10. The molecular weight excluding hydrogens is 253 g/mol. The van der Waals surface area contributed by atoms with Gasteiger partial charge in [0.25, 0.3) is 0 Å². The Hall–Kier alpha value is -0.720. The van der Waals surface area contributed by atoms with Gasteiger partial charge in [-0.25, -0.2) is 0 Å². The Morgan fingerprint density at radius 2 is 2.38 bits per heavy atom. The minimum Gasteiger partial charge on any atom is -0.491 e. The summed E-state index contributed by atoms with van der Waals surface area (Å²) in [6.07, 6.45) is 0. The quantitative estimate of drug-likeness (QED) is 0.783. The Bertz CT molecular complexity index is 324. The van der Waals surface area contributed by atoms with Crippen LogP contribution in [-0.2, 0) is 0 Å². The molecule has 0 saturated heterocycles. The minimum absolute atomic E-state index is 0.203. The van der Waals surface area contributed by atoms with Gasteiger partial charge in [-0.05, 0) is 18.2 Å². The molecule has 0 amide bonds. The molecule has 0 aliphatic rings. The topological polar surface area (TPSA) is 33.0 Å². The summed E-state index contributed by atoms with van der Waals surface area (Å²) >= 11 is 8.87. The van der Waals surface area contributed by atoms with Crippen LogP contribution >= 0.6 is 27.5 Å². The van der Waals surface area contributed by atoms with E-state index in [-0.39, 0.29) is 6.61 Å². The first kappa shape index (κ1) is 10.4. The van der Waals surface area contributed by atoms with Crippen LogP contribution < -0.4 is 4.74 Å². The molecule has 0 aromatic heterocycles. The van der Waals surface area contributed by atoms with Gasteiger partial charge in [0.05, 0.1) is 6.07 Å². The van der Waals surface area contributed by atoms with Crippen LogP contribution in [0.15, 0.2) is 28.7 Å². The number of benzene rings is 1. The summed E-state index contributed by atoms with van der Waals surface area (Å²) in [7, 11) is 0. The molecule has 0 heterocycles. The van der Waals surface area contributed by atoms with E-state index >= 15 is 0 Å². The third-order valence-electron chi connectivity index (χ3n) is 1.33. The molecule has 0 aliphatic carbocycles. The fourth-order valence-corrected chi connectivity index (χ4v) is 1.20. The molecule has 2 nitrogen and oxygen atoms in total. The Morgan fingerprint density at radius 1 is 1.62 bits per heavy atom. The highest BCUT2D eigenvalue weighted by Crippen LogP contribution is 2.18. The van der Waals surface area contributed by atoms with Crippen LogP contribution in [0.2, 0.25) is 0 Å². The molecular formula is C9H7BrClNO. The predicted molar refractivity (Wildman–Crippen MR) is 54.9 cm³/mol. The van der Waals surface area contributed by atoms with Gasteiger partial charge in [0.15, 0.2) is 5.38 Å². The second-order valence-corrected chi connectivity index (χ2v) is 3.81. The van der Waals surface area contributed by atoms with Crippen LogP contribution in [0.3, 0.4) is 0 Å². The third kappa shape index (κ3) is 3.67. The zero-order chi connectivity index (χ0) is 9.68. The average Bonchev–Trinajstić information content (AvgIpc) is 2.14. The maximum absolute atomic E-state index is 8.40. The number of halogens is 2. The Kier molecular flexibility index (Phi) is 4.07. The van der Waals surface area contributed by atoms with E-state index < -0.39 is 5.38 Å². The lowest BCUT2D eigenvalue weighted by atomic mass is 10.3. The second-order valence-electron chi connectivity index (χ2n) is 2.37. The van der Waals surface area contributed by atoms with Crippen LogP contribution in [0.25, 0.3) is 0 Å². The largest absolute Gasteiger partial charge is 0.491 e. The summed E-state index contributed by atoms with van der Waals surface area (Å²) < 4.78 is 6.19. The number of nitriles is 1. The van der Waals surface area contributed by atoms with Crippen molar-refractivity contribution in [1.29, 1.82) is 5.26 Å². The van der Waals surface area contributed by atoms with Gasteiger partial charge in [-0.1, -0.05) is 22.0 Å². The van der Waals surface area contributed by atoms with Crippen molar-refractivity contribution in [2.24, 2.45) is 0 Å². The van der Waals surface area contributed by atoms with E-state index in [1.807, 2.05) is 30.3 Å². The van der Waals surface area contributed by atoms with Crippen LogP contribution in [-0.4, -0.2) is 12.0 Å². The van der Waals surface area contributed by atoms with E-state index in [2.05, 4.69) is 15.9 Å². The molecule has 1 aromatic carbocycles. The Morgan fingerprint density at radius 3 is 3.00 bits per heavy atom. The molecule has 0 N–H and O–H groups in total. The van der Waals surface area contributed by atoms with Gasteiger partial charge in [-0.3, -0.25) is 0 Å². The summed E-state index contributed by atoms with van der Waals surface area (Å²) in [6.45, 7) is 0.203. The summed E-state index contributed by atoms with van der Waals surface area (Å²) in [4.78, 5) is 0. The Balaban J connectivity index is 2.51. The molecule has 68 valence electrons. The number of rotatable bonds is 3. The lowest BCUT2D eigenvalue weighted by molar-refractivity contribution is 0.329. The fraction of sp³-hybridized carbons (Fsp3) is 0.222. The van der Waals surface area contributed by atoms with Crippen molar-refractivity contribution in [2.45, 2.75) is 5.38 Å². The summed E-state index contributed by atoms with van der Waals surface area (Å²) in [5.74, 6) is 0.704. The van der Waals surface area contributed by atoms with Gasteiger partial charge in [0, 0.05) is 4.47 Å². The first-order valence-electron chi connectivity index (χ1n) is 3.64. The highest BCUT2D eigenvalue weighted by Gasteiger charge is 2.02. The average molecular weight is 261 g/mol. The van der Waals surface area contributed by atoms with Crippen molar-refractivity contribution in [3.05, 3.63) is 28.7 Å². The van der Waals surface area contributed by atoms with Crippen molar-refractivity contribution in [1.82, 2.24) is 0 Å². The van der Waals surface area contributed by atoms with E-state index in [1.54, 1.807) is 0 Å². The molecule has 0 fully saturated rings. The number of hydrogen-bond acceptors (Lipinski definition) is 2. The molecule has 0 aliphatic heterocycles. The second kappa shape index (κ2) is 5.11. The molecule has 1 rings (SSSR count). The fourth-order valence-electron chi connectivity index (χ4n) is 0.763. The van der Waals surface area contributed by atoms with Crippen LogP contribution in [0.1, 0.15) is 0 Å². The molecule has 4 heteroatoms. The normalized spacial score (nSPS) is 11.8. The first-order chi connectivity index (χ1) is 6.22. The SMILES string of the molecule is N#CC(Cl)COc1cccc(Br)c1.